The minimum absolute atomic E-state index is 0.0555. The standard InChI is InChI=1S/C17H16N4O3/c22-17-19(12-13-20(17)15-7-9-18-10-8-15)11-3-5-14-4-1-2-6-16(14)21(23)24/h1-10H,11-13H2/b5-3+. The van der Waals surface area contributed by atoms with E-state index >= 15 is 0 Å². The number of carbonyl (C=O) groups excluding carboxylic acids is 1. The highest BCUT2D eigenvalue weighted by Gasteiger charge is 2.28. The van der Waals surface area contributed by atoms with Crippen molar-refractivity contribution in [2.45, 2.75) is 0 Å². The number of benzene rings is 1. The monoisotopic (exact) mass is 324 g/mol. The second kappa shape index (κ2) is 6.91. The van der Waals surface area contributed by atoms with Crippen LogP contribution in [-0.2, 0) is 0 Å². The number of hydrogen-bond donors (Lipinski definition) is 0. The SMILES string of the molecule is O=C1N(C/C=C/c2ccccc2[N+](=O)[O-])CCN1c1ccncc1. The normalized spacial score (nSPS) is 14.6. The molecule has 1 saturated heterocycles. The van der Waals surface area contributed by atoms with Gasteiger partial charge in [0.1, 0.15) is 0 Å². The van der Waals surface area contributed by atoms with E-state index in [1.807, 2.05) is 0 Å². The van der Waals surface area contributed by atoms with Crippen molar-refractivity contribution in [3.8, 4) is 0 Å². The van der Waals surface area contributed by atoms with Gasteiger partial charge >= 0.3 is 6.03 Å². The second-order valence-corrected chi connectivity index (χ2v) is 5.30. The zero-order chi connectivity index (χ0) is 16.9. The van der Waals surface area contributed by atoms with Gasteiger partial charge in [0, 0.05) is 43.8 Å². The van der Waals surface area contributed by atoms with Gasteiger partial charge in [-0.3, -0.25) is 20.0 Å². The molecule has 3 rings (SSSR count). The fourth-order valence-electron chi connectivity index (χ4n) is 2.62. The van der Waals surface area contributed by atoms with Crippen molar-refractivity contribution >= 4 is 23.5 Å². The molecule has 24 heavy (non-hydrogen) atoms. The van der Waals surface area contributed by atoms with Crippen molar-refractivity contribution < 1.29 is 9.72 Å². The highest BCUT2D eigenvalue weighted by atomic mass is 16.6. The zero-order valence-corrected chi connectivity index (χ0v) is 12.9. The van der Waals surface area contributed by atoms with Crippen LogP contribution in [0.3, 0.4) is 0 Å². The molecule has 1 fully saturated rings. The first-order valence-electron chi connectivity index (χ1n) is 7.53. The molecule has 0 bridgehead atoms. The Morgan fingerprint density at radius 1 is 1.17 bits per heavy atom. The number of nitro groups is 1. The molecule has 0 radical (unpaired) electrons. The van der Waals surface area contributed by atoms with Crippen LogP contribution in [0.5, 0.6) is 0 Å². The topological polar surface area (TPSA) is 79.6 Å². The minimum atomic E-state index is -0.411. The number of rotatable bonds is 5. The Morgan fingerprint density at radius 2 is 1.92 bits per heavy atom. The number of para-hydroxylation sites is 1. The van der Waals surface area contributed by atoms with E-state index in [0.717, 1.165) is 5.69 Å². The Labute approximate surface area is 139 Å². The Balaban J connectivity index is 1.66. The van der Waals surface area contributed by atoms with E-state index in [1.165, 1.54) is 6.07 Å². The lowest BCUT2D eigenvalue weighted by atomic mass is 10.1. The van der Waals surface area contributed by atoms with Crippen LogP contribution in [0.4, 0.5) is 16.2 Å². The molecular weight excluding hydrogens is 308 g/mol. The maximum absolute atomic E-state index is 12.4. The smallest absolute Gasteiger partial charge is 0.319 e. The van der Waals surface area contributed by atoms with Crippen LogP contribution >= 0.6 is 0 Å². The zero-order valence-electron chi connectivity index (χ0n) is 12.9. The Hall–Kier alpha value is -3.22. The summed E-state index contributed by atoms with van der Waals surface area (Å²) in [5, 5.41) is 11.0. The summed E-state index contributed by atoms with van der Waals surface area (Å²) in [5.41, 5.74) is 1.40. The largest absolute Gasteiger partial charge is 0.324 e. The van der Waals surface area contributed by atoms with E-state index in [0.29, 0.717) is 25.2 Å². The molecular formula is C17H16N4O3. The maximum atomic E-state index is 12.4. The lowest BCUT2D eigenvalue weighted by Gasteiger charge is -2.17. The molecule has 0 atom stereocenters. The summed E-state index contributed by atoms with van der Waals surface area (Å²) in [6, 6.07) is 10.0. The first kappa shape index (κ1) is 15.7. The molecule has 0 aliphatic carbocycles. The number of hydrogen-bond acceptors (Lipinski definition) is 4. The third kappa shape index (κ3) is 3.24. The second-order valence-electron chi connectivity index (χ2n) is 5.30. The molecule has 7 heteroatoms. The Morgan fingerprint density at radius 3 is 2.67 bits per heavy atom. The first-order chi connectivity index (χ1) is 11.7. The summed E-state index contributed by atoms with van der Waals surface area (Å²) in [4.78, 5) is 30.3. The Bertz CT molecular complexity index is 776. The highest BCUT2D eigenvalue weighted by molar-refractivity contribution is 5.94. The predicted octanol–water partition coefficient (Wildman–Crippen LogP) is 2.95. The van der Waals surface area contributed by atoms with Crippen molar-refractivity contribution in [2.75, 3.05) is 24.5 Å². The third-order valence-electron chi connectivity index (χ3n) is 3.83. The summed E-state index contributed by atoms with van der Waals surface area (Å²) in [5.74, 6) is 0. The number of anilines is 1. The number of nitrogens with zero attached hydrogens (tertiary/aromatic N) is 4. The van der Waals surface area contributed by atoms with E-state index in [9.17, 15) is 14.9 Å². The van der Waals surface area contributed by atoms with Gasteiger partial charge in [0.15, 0.2) is 0 Å². The molecule has 0 spiro atoms. The lowest BCUT2D eigenvalue weighted by molar-refractivity contribution is -0.385. The molecule has 0 N–H and O–H groups in total. The molecule has 0 saturated carbocycles. The van der Waals surface area contributed by atoms with Gasteiger partial charge in [-0.05, 0) is 18.2 Å². The summed E-state index contributed by atoms with van der Waals surface area (Å²) in [6.07, 6.45) is 6.76. The molecule has 122 valence electrons. The molecule has 2 amide bonds. The summed E-state index contributed by atoms with van der Waals surface area (Å²) in [6.45, 7) is 1.64. The van der Waals surface area contributed by atoms with E-state index in [2.05, 4.69) is 4.98 Å². The van der Waals surface area contributed by atoms with Crippen LogP contribution in [0, 0.1) is 10.1 Å². The average Bonchev–Trinajstić information content (AvgIpc) is 2.97. The molecule has 0 unspecified atom stereocenters. The fraction of sp³-hybridized carbons (Fsp3) is 0.176. The summed E-state index contributed by atoms with van der Waals surface area (Å²) in [7, 11) is 0. The predicted molar refractivity (Wildman–Crippen MR) is 90.7 cm³/mol. The number of carbonyl (C=O) groups is 1. The minimum Gasteiger partial charge on any atom is -0.319 e. The molecule has 1 aliphatic heterocycles. The van der Waals surface area contributed by atoms with Crippen LogP contribution in [0.2, 0.25) is 0 Å². The van der Waals surface area contributed by atoms with Crippen LogP contribution < -0.4 is 4.90 Å². The number of pyridine rings is 1. The summed E-state index contributed by atoms with van der Waals surface area (Å²) < 4.78 is 0. The van der Waals surface area contributed by atoms with Gasteiger partial charge in [-0.1, -0.05) is 24.3 Å². The quantitative estimate of drug-likeness (QED) is 0.625. The van der Waals surface area contributed by atoms with Gasteiger partial charge in [0.2, 0.25) is 0 Å². The number of urea groups is 1. The lowest BCUT2D eigenvalue weighted by Crippen LogP contribution is -2.31. The van der Waals surface area contributed by atoms with Crippen LogP contribution in [0.15, 0.2) is 54.9 Å². The van der Waals surface area contributed by atoms with Gasteiger partial charge < -0.3 is 4.90 Å². The molecule has 2 aromatic rings. The van der Waals surface area contributed by atoms with E-state index in [4.69, 9.17) is 0 Å². The van der Waals surface area contributed by atoms with Gasteiger partial charge in [0.25, 0.3) is 5.69 Å². The van der Waals surface area contributed by atoms with E-state index in [-0.39, 0.29) is 11.7 Å². The van der Waals surface area contributed by atoms with Gasteiger partial charge in [-0.15, -0.1) is 0 Å². The maximum Gasteiger partial charge on any atom is 0.324 e. The van der Waals surface area contributed by atoms with Crippen molar-refractivity contribution in [2.24, 2.45) is 0 Å². The molecule has 1 aliphatic rings. The van der Waals surface area contributed by atoms with E-state index in [1.54, 1.807) is 64.7 Å². The van der Waals surface area contributed by atoms with Crippen molar-refractivity contribution in [1.29, 1.82) is 0 Å². The first-order valence-corrected chi connectivity index (χ1v) is 7.53. The van der Waals surface area contributed by atoms with Gasteiger partial charge in [-0.2, -0.15) is 0 Å². The van der Waals surface area contributed by atoms with Crippen molar-refractivity contribution in [3.05, 3.63) is 70.5 Å². The molecule has 7 nitrogen and oxygen atoms in total. The fourth-order valence-corrected chi connectivity index (χ4v) is 2.62. The number of nitro benzene ring substituents is 1. The van der Waals surface area contributed by atoms with Gasteiger partial charge in [0.05, 0.1) is 10.5 Å². The van der Waals surface area contributed by atoms with E-state index < -0.39 is 4.92 Å². The van der Waals surface area contributed by atoms with Crippen molar-refractivity contribution in [1.82, 2.24) is 9.88 Å². The van der Waals surface area contributed by atoms with Crippen LogP contribution in [0.25, 0.3) is 6.08 Å². The van der Waals surface area contributed by atoms with Crippen molar-refractivity contribution in [3.63, 3.8) is 0 Å². The Kier molecular flexibility index (Phi) is 4.51. The third-order valence-corrected chi connectivity index (χ3v) is 3.83. The van der Waals surface area contributed by atoms with Gasteiger partial charge in [-0.25, -0.2) is 4.79 Å². The number of aromatic nitrogens is 1. The number of amides is 2. The average molecular weight is 324 g/mol. The van der Waals surface area contributed by atoms with Crippen LogP contribution in [-0.4, -0.2) is 40.5 Å². The highest BCUT2D eigenvalue weighted by Crippen LogP contribution is 2.21. The van der Waals surface area contributed by atoms with Crippen LogP contribution in [0.1, 0.15) is 5.56 Å². The summed E-state index contributed by atoms with van der Waals surface area (Å²) >= 11 is 0. The molecule has 1 aromatic carbocycles. The molecule has 1 aromatic heterocycles. The molecule has 2 heterocycles.